The molecule has 0 atom stereocenters. The van der Waals surface area contributed by atoms with Gasteiger partial charge >= 0.3 is 6.18 Å². The van der Waals surface area contributed by atoms with E-state index in [-0.39, 0.29) is 35.6 Å². The van der Waals surface area contributed by atoms with Gasteiger partial charge in [-0.15, -0.1) is 0 Å². The van der Waals surface area contributed by atoms with Crippen LogP contribution in [0.25, 0.3) is 5.32 Å². The van der Waals surface area contributed by atoms with Crippen molar-refractivity contribution in [2.45, 2.75) is 32.0 Å². The molecule has 1 aliphatic carbocycles. The SMILES string of the molecule is O=C([N-]c1c[n+](Cc2ccccn2)no1)Nc1cc(NC(=O)C2CC(Cc3ccccc3)C2)cc(C(F)(F)F)c1. The summed E-state index contributed by atoms with van der Waals surface area (Å²) >= 11 is 0. The quantitative estimate of drug-likeness (QED) is 0.266. The summed E-state index contributed by atoms with van der Waals surface area (Å²) in [6, 6.07) is 17.2. The Labute approximate surface area is 227 Å². The van der Waals surface area contributed by atoms with Gasteiger partial charge in [-0.05, 0) is 71.4 Å². The molecule has 0 saturated heterocycles. The number of aromatic nitrogens is 3. The van der Waals surface area contributed by atoms with Crippen molar-refractivity contribution in [2.24, 2.45) is 11.8 Å². The maximum atomic E-state index is 13.6. The van der Waals surface area contributed by atoms with E-state index in [0.717, 1.165) is 18.6 Å². The zero-order valence-corrected chi connectivity index (χ0v) is 21.1. The van der Waals surface area contributed by atoms with Crippen LogP contribution in [0.1, 0.15) is 29.7 Å². The fourth-order valence-corrected chi connectivity index (χ4v) is 4.55. The van der Waals surface area contributed by atoms with Crippen molar-refractivity contribution in [3.63, 3.8) is 0 Å². The van der Waals surface area contributed by atoms with Gasteiger partial charge in [0.2, 0.25) is 24.5 Å². The first-order valence-electron chi connectivity index (χ1n) is 12.6. The molecule has 40 heavy (non-hydrogen) atoms. The molecule has 1 saturated carbocycles. The van der Waals surface area contributed by atoms with Gasteiger partial charge in [-0.3, -0.25) is 14.6 Å². The van der Waals surface area contributed by atoms with E-state index in [2.05, 4.69) is 26.2 Å². The van der Waals surface area contributed by atoms with Crippen molar-refractivity contribution >= 4 is 29.2 Å². The van der Waals surface area contributed by atoms with Crippen LogP contribution in [-0.2, 0) is 23.9 Å². The number of pyridine rings is 1. The molecule has 9 nitrogen and oxygen atoms in total. The van der Waals surface area contributed by atoms with Gasteiger partial charge in [0.15, 0.2) is 11.3 Å². The first-order chi connectivity index (χ1) is 19.2. The standard InChI is InChI=1S/C28H25F3N6O3/c29-28(30,31)21-13-23(33-26(38)20-11-19(12-20)10-18-6-2-1-3-7-18)15-24(14-21)34-27(39)35-25-17-37(36-40-25)16-22-8-4-5-9-32-22/h1-9,13-15,17,19-20H,10-12,16H2,(H2-,33,34,35,36,38,39). The van der Waals surface area contributed by atoms with E-state index in [1.807, 2.05) is 36.4 Å². The molecule has 12 heteroatoms. The van der Waals surface area contributed by atoms with Gasteiger partial charge in [0, 0.05) is 17.8 Å². The van der Waals surface area contributed by atoms with E-state index in [4.69, 9.17) is 4.52 Å². The predicted octanol–water partition coefficient (Wildman–Crippen LogP) is 5.87. The second-order valence-electron chi connectivity index (χ2n) is 9.61. The predicted molar refractivity (Wildman–Crippen MR) is 139 cm³/mol. The van der Waals surface area contributed by atoms with Gasteiger partial charge in [0.25, 0.3) is 0 Å². The molecule has 0 aliphatic heterocycles. The Hall–Kier alpha value is -4.74. The third-order valence-electron chi connectivity index (χ3n) is 6.51. The van der Waals surface area contributed by atoms with Crippen molar-refractivity contribution in [1.82, 2.24) is 10.3 Å². The molecule has 0 unspecified atom stereocenters. The van der Waals surface area contributed by atoms with Crippen LogP contribution in [0, 0.1) is 11.8 Å². The number of nitrogens with one attached hydrogen (secondary N) is 2. The van der Waals surface area contributed by atoms with Crippen LogP contribution >= 0.6 is 0 Å². The van der Waals surface area contributed by atoms with Crippen LogP contribution in [0.3, 0.4) is 0 Å². The number of hydrogen-bond donors (Lipinski definition) is 2. The monoisotopic (exact) mass is 550 g/mol. The molecular formula is C28H25F3N6O3. The summed E-state index contributed by atoms with van der Waals surface area (Å²) in [5, 5.41) is 12.3. The molecule has 2 heterocycles. The van der Waals surface area contributed by atoms with Crippen LogP contribution in [-0.4, -0.2) is 22.2 Å². The Bertz CT molecular complexity index is 1470. The third kappa shape index (κ3) is 7.01. The summed E-state index contributed by atoms with van der Waals surface area (Å²) in [7, 11) is 0. The largest absolute Gasteiger partial charge is 0.424 e. The van der Waals surface area contributed by atoms with Crippen molar-refractivity contribution < 1.29 is 32.0 Å². The molecule has 2 N–H and O–H groups in total. The normalized spacial score (nSPS) is 16.6. The zero-order chi connectivity index (χ0) is 28.1. The van der Waals surface area contributed by atoms with Crippen LogP contribution in [0.4, 0.5) is 35.2 Å². The summed E-state index contributed by atoms with van der Waals surface area (Å²) in [4.78, 5) is 29.3. The van der Waals surface area contributed by atoms with Crippen molar-refractivity contribution in [3.05, 3.63) is 101 Å². The number of alkyl halides is 3. The van der Waals surface area contributed by atoms with Gasteiger partial charge in [-0.1, -0.05) is 36.4 Å². The number of anilines is 2. The van der Waals surface area contributed by atoms with E-state index < -0.39 is 17.8 Å². The highest BCUT2D eigenvalue weighted by Gasteiger charge is 2.35. The van der Waals surface area contributed by atoms with Crippen molar-refractivity contribution in [1.29, 1.82) is 0 Å². The molecule has 1 aliphatic rings. The van der Waals surface area contributed by atoms with Gasteiger partial charge in [0.1, 0.15) is 5.69 Å². The molecular weight excluding hydrogens is 525 g/mol. The van der Waals surface area contributed by atoms with Crippen molar-refractivity contribution in [2.75, 3.05) is 10.6 Å². The number of urea groups is 1. The average molecular weight is 551 g/mol. The Morgan fingerprint density at radius 1 is 1.00 bits per heavy atom. The van der Waals surface area contributed by atoms with E-state index in [9.17, 15) is 22.8 Å². The highest BCUT2D eigenvalue weighted by molar-refractivity contribution is 6.04. The number of carbonyl (C=O) groups is 2. The molecule has 0 radical (unpaired) electrons. The second kappa shape index (κ2) is 11.6. The van der Waals surface area contributed by atoms with Gasteiger partial charge in [0.05, 0.1) is 5.56 Å². The van der Waals surface area contributed by atoms with Crippen LogP contribution < -0.4 is 15.3 Å². The molecule has 2 aromatic carbocycles. The maximum Gasteiger partial charge on any atom is 0.416 e. The number of amides is 3. The molecule has 3 amide bonds. The smallest absolute Gasteiger partial charge is 0.416 e. The first-order valence-corrected chi connectivity index (χ1v) is 12.6. The lowest BCUT2D eigenvalue weighted by Gasteiger charge is -2.34. The second-order valence-corrected chi connectivity index (χ2v) is 9.61. The van der Waals surface area contributed by atoms with Gasteiger partial charge in [-0.25, -0.2) is 0 Å². The number of halogens is 3. The summed E-state index contributed by atoms with van der Waals surface area (Å²) in [5.74, 6) is -0.455. The molecule has 2 aromatic heterocycles. The minimum atomic E-state index is -4.70. The number of carbonyl (C=O) groups excluding carboxylic acids is 2. The molecule has 4 aromatic rings. The summed E-state index contributed by atoms with van der Waals surface area (Å²) in [6.45, 7) is 0.270. The van der Waals surface area contributed by atoms with E-state index >= 15 is 0 Å². The maximum absolute atomic E-state index is 13.6. The molecule has 1 fully saturated rings. The Morgan fingerprint density at radius 3 is 2.42 bits per heavy atom. The number of rotatable bonds is 8. The number of nitrogens with zero attached hydrogens (tertiary/aromatic N) is 4. The summed E-state index contributed by atoms with van der Waals surface area (Å²) in [6.07, 6.45) is 0.434. The third-order valence-corrected chi connectivity index (χ3v) is 6.51. The summed E-state index contributed by atoms with van der Waals surface area (Å²) in [5.41, 5.74) is 0.598. The van der Waals surface area contributed by atoms with Crippen LogP contribution in [0.15, 0.2) is 83.6 Å². The van der Waals surface area contributed by atoms with Gasteiger partial charge < -0.3 is 20.5 Å². The molecule has 0 bridgehead atoms. The average Bonchev–Trinajstić information content (AvgIpc) is 3.32. The lowest BCUT2D eigenvalue weighted by molar-refractivity contribution is -0.755. The molecule has 5 rings (SSSR count). The van der Waals surface area contributed by atoms with Crippen LogP contribution in [0.5, 0.6) is 0 Å². The summed E-state index contributed by atoms with van der Waals surface area (Å²) < 4.78 is 47.1. The number of hydrogen-bond acceptors (Lipinski definition) is 5. The minimum Gasteiger partial charge on any atom is -0.424 e. The Balaban J connectivity index is 1.19. The van der Waals surface area contributed by atoms with E-state index in [0.29, 0.717) is 24.5 Å². The zero-order valence-electron chi connectivity index (χ0n) is 21.1. The fourth-order valence-electron chi connectivity index (χ4n) is 4.55. The lowest BCUT2D eigenvalue weighted by Crippen LogP contribution is -2.35. The molecule has 0 spiro atoms. The highest BCUT2D eigenvalue weighted by Crippen LogP contribution is 2.38. The van der Waals surface area contributed by atoms with Crippen LogP contribution in [0.2, 0.25) is 0 Å². The lowest BCUT2D eigenvalue weighted by atomic mass is 9.71. The highest BCUT2D eigenvalue weighted by atomic mass is 19.4. The van der Waals surface area contributed by atoms with E-state index in [1.54, 1.807) is 18.3 Å². The minimum absolute atomic E-state index is 0.0745. The van der Waals surface area contributed by atoms with E-state index in [1.165, 1.54) is 22.5 Å². The van der Waals surface area contributed by atoms with Gasteiger partial charge in [-0.2, -0.15) is 13.2 Å². The Morgan fingerprint density at radius 2 is 1.73 bits per heavy atom. The van der Waals surface area contributed by atoms with Crippen molar-refractivity contribution in [3.8, 4) is 0 Å². The first kappa shape index (κ1) is 26.9. The number of benzene rings is 2. The topological polar surface area (TPSA) is 115 Å². The molecule has 206 valence electrons. The Kier molecular flexibility index (Phi) is 7.76. The fraction of sp³-hybridized carbons (Fsp3) is 0.250.